The second-order valence-electron chi connectivity index (χ2n) is 8.52. The number of piperazine rings is 1. The lowest BCUT2D eigenvalue weighted by atomic mass is 10.1. The molecule has 0 radical (unpaired) electrons. The highest BCUT2D eigenvalue weighted by molar-refractivity contribution is 6.02. The Morgan fingerprint density at radius 2 is 1.94 bits per heavy atom. The summed E-state index contributed by atoms with van der Waals surface area (Å²) in [6, 6.07) is 16.7. The fraction of sp³-hybridized carbons (Fsp3) is 0.308. The summed E-state index contributed by atoms with van der Waals surface area (Å²) < 4.78 is 10.9. The predicted octanol–water partition coefficient (Wildman–Crippen LogP) is 3.57. The zero-order chi connectivity index (χ0) is 24.9. The SMILES string of the molecule is COc1ccc(N(C(=O)N2CCN(c3cccc(C)c3)C(C)C2)c2ncccc2[NH2+][O-])c(OC)c1. The van der Waals surface area contributed by atoms with Crippen molar-refractivity contribution in [1.82, 2.24) is 9.88 Å². The standard InChI is InChI=1S/C26H31N5O4/c1-18-7-5-8-20(15-18)30-14-13-29(17-19(30)2)26(32)31(25-22(28-33)9-6-12-27-25)23-11-10-21(34-3)16-24(23)35-4/h5-12,15-16,19H,13-14,17,28H2,1-4H3. The van der Waals surface area contributed by atoms with Crippen LogP contribution in [0.1, 0.15) is 12.5 Å². The topological polar surface area (TPSA) is 97.8 Å². The normalized spacial score (nSPS) is 15.6. The van der Waals surface area contributed by atoms with E-state index in [1.165, 1.54) is 17.6 Å². The molecule has 0 saturated carbocycles. The van der Waals surface area contributed by atoms with Gasteiger partial charge < -0.3 is 30.0 Å². The van der Waals surface area contributed by atoms with Crippen molar-refractivity contribution in [1.29, 1.82) is 0 Å². The Labute approximate surface area is 205 Å². The number of rotatable bonds is 6. The first-order chi connectivity index (χ1) is 17.0. The van der Waals surface area contributed by atoms with E-state index in [0.717, 1.165) is 5.69 Å². The Hall–Kier alpha value is -3.82. The number of aromatic nitrogens is 1. The first-order valence-corrected chi connectivity index (χ1v) is 11.5. The molecule has 35 heavy (non-hydrogen) atoms. The lowest BCUT2D eigenvalue weighted by Gasteiger charge is -2.42. The molecule has 1 unspecified atom stereocenters. The van der Waals surface area contributed by atoms with Gasteiger partial charge in [-0.15, -0.1) is 0 Å². The van der Waals surface area contributed by atoms with E-state index in [1.54, 1.807) is 48.5 Å². The first kappa shape index (κ1) is 24.3. The van der Waals surface area contributed by atoms with E-state index in [1.807, 2.05) is 0 Å². The second kappa shape index (κ2) is 10.6. The quantitative estimate of drug-likeness (QED) is 0.545. The van der Waals surface area contributed by atoms with Crippen LogP contribution in [-0.4, -0.2) is 55.8 Å². The highest BCUT2D eigenvalue weighted by Gasteiger charge is 2.34. The number of hydrogen-bond donors (Lipinski definition) is 1. The number of carbonyl (C=O) groups excluding carboxylic acids is 1. The van der Waals surface area contributed by atoms with Crippen LogP contribution < -0.4 is 24.8 Å². The Kier molecular flexibility index (Phi) is 7.38. The van der Waals surface area contributed by atoms with Gasteiger partial charge in [0.15, 0.2) is 5.69 Å². The fourth-order valence-corrected chi connectivity index (χ4v) is 4.43. The molecule has 184 valence electrons. The number of nitrogens with zero attached hydrogens (tertiary/aromatic N) is 4. The van der Waals surface area contributed by atoms with Crippen LogP contribution in [0, 0.1) is 12.1 Å². The summed E-state index contributed by atoms with van der Waals surface area (Å²) in [6.07, 6.45) is 1.57. The summed E-state index contributed by atoms with van der Waals surface area (Å²) >= 11 is 0. The van der Waals surface area contributed by atoms with Crippen molar-refractivity contribution < 1.29 is 19.7 Å². The summed E-state index contributed by atoms with van der Waals surface area (Å²) in [6.45, 7) is 5.91. The number of pyridine rings is 1. The maximum Gasteiger partial charge on any atom is 0.330 e. The molecule has 1 atom stereocenters. The van der Waals surface area contributed by atoms with E-state index in [4.69, 9.17) is 9.47 Å². The van der Waals surface area contributed by atoms with Crippen molar-refractivity contribution in [2.45, 2.75) is 19.9 Å². The molecule has 0 aliphatic carbocycles. The largest absolute Gasteiger partial charge is 0.630 e. The minimum atomic E-state index is -0.272. The van der Waals surface area contributed by atoms with Gasteiger partial charge in [0.2, 0.25) is 5.82 Å². The number of quaternary nitrogens is 1. The third-order valence-corrected chi connectivity index (χ3v) is 6.21. The molecule has 2 heterocycles. The molecule has 2 aromatic carbocycles. The predicted molar refractivity (Wildman–Crippen MR) is 136 cm³/mol. The Bertz CT molecular complexity index is 1190. The van der Waals surface area contributed by atoms with Crippen molar-refractivity contribution in [3.05, 3.63) is 71.6 Å². The molecule has 2 N–H and O–H groups in total. The smallest absolute Gasteiger partial charge is 0.330 e. The molecule has 1 aliphatic rings. The summed E-state index contributed by atoms with van der Waals surface area (Å²) in [5.41, 5.74) is 3.84. The average Bonchev–Trinajstić information content (AvgIpc) is 2.89. The number of carbonyl (C=O) groups is 1. The third kappa shape index (κ3) is 5.01. The molecule has 0 spiro atoms. The number of nitrogens with two attached hydrogens (primary N) is 1. The summed E-state index contributed by atoms with van der Waals surface area (Å²) in [4.78, 5) is 24.0. The highest BCUT2D eigenvalue weighted by Crippen LogP contribution is 2.38. The average molecular weight is 478 g/mol. The third-order valence-electron chi connectivity index (χ3n) is 6.21. The van der Waals surface area contributed by atoms with Gasteiger partial charge in [0, 0.05) is 49.7 Å². The van der Waals surface area contributed by atoms with Crippen LogP contribution in [0.4, 0.5) is 27.7 Å². The van der Waals surface area contributed by atoms with E-state index in [9.17, 15) is 10.0 Å². The molecule has 4 rings (SSSR count). The van der Waals surface area contributed by atoms with Gasteiger partial charge in [-0.1, -0.05) is 12.1 Å². The lowest BCUT2D eigenvalue weighted by molar-refractivity contribution is -0.496. The number of aryl methyl sites for hydroxylation is 1. The number of ether oxygens (including phenoxy) is 2. The fourth-order valence-electron chi connectivity index (χ4n) is 4.43. The molecule has 2 amide bonds. The minimum absolute atomic E-state index is 0.100. The minimum Gasteiger partial charge on any atom is -0.630 e. The van der Waals surface area contributed by atoms with Gasteiger partial charge in [0.25, 0.3) is 0 Å². The molecule has 1 fully saturated rings. The van der Waals surface area contributed by atoms with Gasteiger partial charge in [0.1, 0.15) is 11.5 Å². The number of methoxy groups -OCH3 is 2. The summed E-state index contributed by atoms with van der Waals surface area (Å²) in [5.74, 6) is 1.28. The number of amides is 2. The summed E-state index contributed by atoms with van der Waals surface area (Å²) in [5, 5.41) is 11.8. The zero-order valence-electron chi connectivity index (χ0n) is 20.5. The van der Waals surface area contributed by atoms with Crippen LogP contribution in [0.3, 0.4) is 0 Å². The Morgan fingerprint density at radius 3 is 2.63 bits per heavy atom. The number of benzene rings is 2. The van der Waals surface area contributed by atoms with E-state index in [-0.39, 0.29) is 17.9 Å². The molecular formula is C26H31N5O4. The van der Waals surface area contributed by atoms with Crippen LogP contribution in [0.5, 0.6) is 11.5 Å². The van der Waals surface area contributed by atoms with Gasteiger partial charge >= 0.3 is 6.03 Å². The number of anilines is 3. The van der Waals surface area contributed by atoms with Gasteiger partial charge in [-0.3, -0.25) is 0 Å². The van der Waals surface area contributed by atoms with Crippen LogP contribution in [0.2, 0.25) is 0 Å². The molecule has 3 aromatic rings. The van der Waals surface area contributed by atoms with Crippen molar-refractivity contribution in [3.63, 3.8) is 0 Å². The van der Waals surface area contributed by atoms with Crippen molar-refractivity contribution in [2.75, 3.05) is 43.7 Å². The summed E-state index contributed by atoms with van der Waals surface area (Å²) in [7, 11) is 3.10. The van der Waals surface area contributed by atoms with Gasteiger partial charge in [-0.2, -0.15) is 0 Å². The maximum absolute atomic E-state index is 14.0. The highest BCUT2D eigenvalue weighted by atomic mass is 16.5. The lowest BCUT2D eigenvalue weighted by Crippen LogP contribution is -2.70. The first-order valence-electron chi connectivity index (χ1n) is 11.5. The molecule has 9 heteroatoms. The molecular weight excluding hydrogens is 446 g/mol. The Balaban J connectivity index is 1.69. The van der Waals surface area contributed by atoms with Crippen LogP contribution in [-0.2, 0) is 0 Å². The van der Waals surface area contributed by atoms with Gasteiger partial charge in [-0.25, -0.2) is 14.7 Å². The maximum atomic E-state index is 14.0. The van der Waals surface area contributed by atoms with Gasteiger partial charge in [-0.05, 0) is 49.7 Å². The monoisotopic (exact) mass is 477 g/mol. The van der Waals surface area contributed by atoms with Crippen molar-refractivity contribution in [2.24, 2.45) is 0 Å². The van der Waals surface area contributed by atoms with Gasteiger partial charge in [0.05, 0.1) is 19.9 Å². The van der Waals surface area contributed by atoms with Crippen LogP contribution >= 0.6 is 0 Å². The van der Waals surface area contributed by atoms with E-state index in [0.29, 0.717) is 48.0 Å². The number of urea groups is 1. The molecule has 0 bridgehead atoms. The molecule has 9 nitrogen and oxygen atoms in total. The molecule has 1 aromatic heterocycles. The van der Waals surface area contributed by atoms with Crippen molar-refractivity contribution >= 4 is 28.9 Å². The zero-order valence-corrected chi connectivity index (χ0v) is 20.5. The molecule has 1 aliphatic heterocycles. The second-order valence-corrected chi connectivity index (χ2v) is 8.52. The van der Waals surface area contributed by atoms with E-state index < -0.39 is 0 Å². The van der Waals surface area contributed by atoms with E-state index >= 15 is 0 Å². The number of hydrogen-bond acceptors (Lipinski definition) is 6. The van der Waals surface area contributed by atoms with E-state index in [2.05, 4.69) is 48.0 Å². The van der Waals surface area contributed by atoms with Crippen LogP contribution in [0.15, 0.2) is 60.8 Å². The van der Waals surface area contributed by atoms with Crippen molar-refractivity contribution in [3.8, 4) is 11.5 Å². The Morgan fingerprint density at radius 1 is 1.11 bits per heavy atom. The van der Waals surface area contributed by atoms with Crippen LogP contribution in [0.25, 0.3) is 0 Å². The molecule has 1 saturated heterocycles.